The molecule has 3 rings (SSSR count). The third kappa shape index (κ3) is 7.18. The van der Waals surface area contributed by atoms with Crippen LogP contribution in [0.5, 0.6) is 0 Å². The zero-order valence-corrected chi connectivity index (χ0v) is 20.6. The Hall–Kier alpha value is -1.69. The Morgan fingerprint density at radius 2 is 1.71 bits per heavy atom. The van der Waals surface area contributed by atoms with Crippen molar-refractivity contribution in [2.24, 2.45) is 0 Å². The lowest BCUT2D eigenvalue weighted by Crippen LogP contribution is -2.57. The van der Waals surface area contributed by atoms with Gasteiger partial charge in [-0.1, -0.05) is 30.7 Å². The minimum Gasteiger partial charge on any atom is -0.480 e. The van der Waals surface area contributed by atoms with Crippen molar-refractivity contribution in [2.75, 3.05) is 39.5 Å². The molecule has 0 amide bonds. The molecule has 0 bridgehead atoms. The van der Waals surface area contributed by atoms with Gasteiger partial charge in [-0.3, -0.25) is 4.79 Å². The lowest BCUT2D eigenvalue weighted by atomic mass is 9.89. The van der Waals surface area contributed by atoms with Crippen LogP contribution in [0.1, 0.15) is 62.0 Å². The van der Waals surface area contributed by atoms with Crippen LogP contribution in [0.3, 0.4) is 0 Å². The molecule has 0 aliphatic carbocycles. The maximum absolute atomic E-state index is 13.3. The molecule has 35 heavy (non-hydrogen) atoms. The summed E-state index contributed by atoms with van der Waals surface area (Å²) in [5.74, 6) is -1.09. The fourth-order valence-electron chi connectivity index (χ4n) is 4.81. The molecule has 1 aromatic carbocycles. The summed E-state index contributed by atoms with van der Waals surface area (Å²) in [4.78, 5) is 12.0. The Labute approximate surface area is 204 Å². The normalized spacial score (nSPS) is 20.1. The molecule has 198 valence electrons. The predicted molar refractivity (Wildman–Crippen MR) is 124 cm³/mol. The van der Waals surface area contributed by atoms with E-state index in [-0.39, 0.29) is 38.6 Å². The third-order valence-corrected chi connectivity index (χ3v) is 9.56. The molecule has 2 aliphatic rings. The maximum Gasteiger partial charge on any atom is 0.411 e. The van der Waals surface area contributed by atoms with Gasteiger partial charge >= 0.3 is 12.1 Å². The van der Waals surface area contributed by atoms with E-state index >= 15 is 0 Å². The van der Waals surface area contributed by atoms with Crippen LogP contribution in [0.2, 0.25) is 0 Å². The first kappa shape index (κ1) is 27.9. The number of ether oxygens (including phenoxy) is 2. The van der Waals surface area contributed by atoms with Crippen molar-refractivity contribution in [3.05, 3.63) is 35.4 Å². The molecular formula is C24H34F3NO6S. The van der Waals surface area contributed by atoms with Gasteiger partial charge in [0.15, 0.2) is 4.75 Å². The Morgan fingerprint density at radius 1 is 1.09 bits per heavy atom. The molecule has 2 aliphatic heterocycles. The van der Waals surface area contributed by atoms with Gasteiger partial charge in [-0.25, -0.2) is 12.7 Å². The molecule has 0 aromatic heterocycles. The number of sulfonamides is 1. The Morgan fingerprint density at radius 3 is 2.29 bits per heavy atom. The Kier molecular flexibility index (Phi) is 9.59. The first-order valence-corrected chi connectivity index (χ1v) is 13.5. The van der Waals surface area contributed by atoms with Crippen molar-refractivity contribution in [2.45, 2.75) is 68.2 Å². The van der Waals surface area contributed by atoms with Crippen molar-refractivity contribution in [3.8, 4) is 0 Å². The number of aryl methyl sites for hydroxylation is 1. The number of unbranched alkanes of at least 4 members (excludes halogenated alkanes) is 2. The molecule has 2 heterocycles. The van der Waals surface area contributed by atoms with E-state index in [1.807, 2.05) is 24.3 Å². The molecule has 1 N–H and O–H groups in total. The molecule has 0 radical (unpaired) electrons. The van der Waals surface area contributed by atoms with E-state index in [0.29, 0.717) is 32.4 Å². The standard InChI is InChI=1S/C24H34F3NO6S/c25-24(26,27)18-34-15-3-1-2-4-19-5-7-20(8-6-19)21-9-13-28(14-10-21)35(31,32)23(22(29)30)11-16-33-17-12-23/h5-8,21H,1-4,9-18H2,(H,29,30). The summed E-state index contributed by atoms with van der Waals surface area (Å²) in [7, 11) is -4.00. The first-order valence-electron chi connectivity index (χ1n) is 12.1. The van der Waals surface area contributed by atoms with Gasteiger partial charge in [-0.15, -0.1) is 0 Å². The Balaban J connectivity index is 1.44. The second-order valence-corrected chi connectivity index (χ2v) is 11.6. The second kappa shape index (κ2) is 12.0. The molecule has 0 atom stereocenters. The average Bonchev–Trinajstić information content (AvgIpc) is 2.83. The van der Waals surface area contributed by atoms with Gasteiger partial charge in [-0.2, -0.15) is 13.2 Å². The number of benzene rings is 1. The van der Waals surface area contributed by atoms with Crippen LogP contribution in [0.4, 0.5) is 13.2 Å². The molecule has 2 saturated heterocycles. The first-order chi connectivity index (χ1) is 16.6. The van der Waals surface area contributed by atoms with E-state index in [0.717, 1.165) is 30.4 Å². The zero-order chi connectivity index (χ0) is 25.5. The number of rotatable bonds is 11. The van der Waals surface area contributed by atoms with E-state index < -0.39 is 33.5 Å². The highest BCUT2D eigenvalue weighted by Crippen LogP contribution is 2.37. The Bertz CT molecular complexity index is 922. The predicted octanol–water partition coefficient (Wildman–Crippen LogP) is 4.12. The molecule has 11 heteroatoms. The molecule has 0 saturated carbocycles. The van der Waals surface area contributed by atoms with Gasteiger partial charge in [0, 0.05) is 45.8 Å². The summed E-state index contributed by atoms with van der Waals surface area (Å²) in [6.45, 7) is -0.259. The number of nitrogens with zero attached hydrogens (tertiary/aromatic N) is 1. The largest absolute Gasteiger partial charge is 0.480 e. The van der Waals surface area contributed by atoms with Gasteiger partial charge in [0.05, 0.1) is 0 Å². The SMILES string of the molecule is O=C(O)C1(S(=O)(=O)N2CCC(c3ccc(CCCCCOCC(F)(F)F)cc3)CC2)CCOCC1. The van der Waals surface area contributed by atoms with Crippen molar-refractivity contribution in [1.29, 1.82) is 0 Å². The summed E-state index contributed by atoms with van der Waals surface area (Å²) in [6, 6.07) is 8.18. The van der Waals surface area contributed by atoms with Crippen LogP contribution in [0.15, 0.2) is 24.3 Å². The maximum atomic E-state index is 13.3. The number of carboxylic acids is 1. The number of hydrogen-bond acceptors (Lipinski definition) is 5. The zero-order valence-electron chi connectivity index (χ0n) is 19.8. The van der Waals surface area contributed by atoms with Crippen molar-refractivity contribution in [1.82, 2.24) is 4.31 Å². The second-order valence-electron chi connectivity index (χ2n) is 9.31. The number of hydrogen-bond donors (Lipinski definition) is 1. The molecule has 0 spiro atoms. The molecule has 1 aromatic rings. The number of carboxylic acid groups (broad SMARTS) is 1. The van der Waals surface area contributed by atoms with Crippen LogP contribution in [0.25, 0.3) is 0 Å². The monoisotopic (exact) mass is 521 g/mol. The summed E-state index contributed by atoms with van der Waals surface area (Å²) < 4.78 is 72.0. The third-order valence-electron chi connectivity index (χ3n) is 6.95. The van der Waals surface area contributed by atoms with E-state index in [9.17, 15) is 31.5 Å². The highest BCUT2D eigenvalue weighted by molar-refractivity contribution is 7.91. The molecule has 0 unspecified atom stereocenters. The number of carbonyl (C=O) groups is 1. The van der Waals surface area contributed by atoms with Crippen molar-refractivity contribution >= 4 is 16.0 Å². The summed E-state index contributed by atoms with van der Waals surface area (Å²) in [5, 5.41) is 9.75. The molecule has 7 nitrogen and oxygen atoms in total. The summed E-state index contributed by atoms with van der Waals surface area (Å²) in [6.07, 6.45) is -0.0242. The number of alkyl halides is 3. The van der Waals surface area contributed by atoms with Gasteiger partial charge < -0.3 is 14.6 Å². The minimum absolute atomic E-state index is 0.0351. The van der Waals surface area contributed by atoms with Crippen LogP contribution in [0, 0.1) is 0 Å². The van der Waals surface area contributed by atoms with Crippen LogP contribution < -0.4 is 0 Å². The fourth-order valence-corrected chi connectivity index (χ4v) is 6.90. The molecule has 2 fully saturated rings. The van der Waals surface area contributed by atoms with E-state index in [4.69, 9.17) is 4.74 Å². The van der Waals surface area contributed by atoms with Gasteiger partial charge in [0.25, 0.3) is 0 Å². The average molecular weight is 522 g/mol. The quantitative estimate of drug-likeness (QED) is 0.441. The van der Waals surface area contributed by atoms with Gasteiger partial charge in [0.1, 0.15) is 6.61 Å². The van der Waals surface area contributed by atoms with E-state index in [1.165, 1.54) is 4.31 Å². The van der Waals surface area contributed by atoms with E-state index in [2.05, 4.69) is 4.74 Å². The number of aliphatic carboxylic acids is 1. The van der Waals surface area contributed by atoms with Crippen LogP contribution >= 0.6 is 0 Å². The van der Waals surface area contributed by atoms with Crippen LogP contribution in [-0.4, -0.2) is 74.2 Å². The van der Waals surface area contributed by atoms with Crippen LogP contribution in [-0.2, 0) is 30.7 Å². The van der Waals surface area contributed by atoms with Crippen molar-refractivity contribution < 1.29 is 41.0 Å². The van der Waals surface area contributed by atoms with Gasteiger partial charge in [0.2, 0.25) is 10.0 Å². The summed E-state index contributed by atoms with van der Waals surface area (Å²) >= 11 is 0. The fraction of sp³-hybridized carbons (Fsp3) is 0.708. The molecular weight excluding hydrogens is 487 g/mol. The lowest BCUT2D eigenvalue weighted by molar-refractivity contribution is -0.174. The summed E-state index contributed by atoms with van der Waals surface area (Å²) in [5.41, 5.74) is 2.28. The van der Waals surface area contributed by atoms with E-state index in [1.54, 1.807) is 0 Å². The minimum atomic E-state index is -4.28. The number of halogens is 3. The smallest absolute Gasteiger partial charge is 0.411 e. The van der Waals surface area contributed by atoms with Crippen molar-refractivity contribution in [3.63, 3.8) is 0 Å². The van der Waals surface area contributed by atoms with Gasteiger partial charge in [-0.05, 0) is 49.1 Å². The highest BCUT2D eigenvalue weighted by Gasteiger charge is 2.54. The topological polar surface area (TPSA) is 93.1 Å². The lowest BCUT2D eigenvalue weighted by Gasteiger charge is -2.39. The number of piperidine rings is 1. The highest BCUT2D eigenvalue weighted by atomic mass is 32.2.